The van der Waals surface area contributed by atoms with Crippen molar-refractivity contribution in [3.63, 3.8) is 0 Å². The highest BCUT2D eigenvalue weighted by atomic mass is 35.5. The van der Waals surface area contributed by atoms with Crippen LogP contribution in [0.1, 0.15) is 17.3 Å². The minimum atomic E-state index is -1.10. The van der Waals surface area contributed by atoms with Gasteiger partial charge in [0.25, 0.3) is 11.6 Å². The lowest BCUT2D eigenvalue weighted by Gasteiger charge is -2.14. The molecular formula is C16H12Cl2N2O5. The summed E-state index contributed by atoms with van der Waals surface area (Å²) in [5.74, 6) is -1.41. The number of non-ortho nitro benzene ring substituents is 1. The number of amides is 1. The molecule has 0 aliphatic heterocycles. The van der Waals surface area contributed by atoms with Gasteiger partial charge in [0, 0.05) is 22.8 Å². The third-order valence-electron chi connectivity index (χ3n) is 3.15. The summed E-state index contributed by atoms with van der Waals surface area (Å²) in [6.45, 7) is 1.39. The Hall–Kier alpha value is -2.64. The predicted octanol–water partition coefficient (Wildman–Crippen LogP) is 4.09. The molecule has 1 amide bonds. The molecule has 0 unspecified atom stereocenters. The summed E-state index contributed by atoms with van der Waals surface area (Å²) in [5.41, 5.74) is 0.166. The fraction of sp³-hybridized carbons (Fsp3) is 0.125. The SMILES string of the molecule is C[C@@H](OC(=O)c1ccc([N+](=O)[O-])cc1Cl)C(=O)Nc1ccc(Cl)cc1. The van der Waals surface area contributed by atoms with Gasteiger partial charge in [0.05, 0.1) is 15.5 Å². The summed E-state index contributed by atoms with van der Waals surface area (Å²) in [4.78, 5) is 34.2. The number of halogens is 2. The van der Waals surface area contributed by atoms with Crippen LogP contribution in [0.4, 0.5) is 11.4 Å². The van der Waals surface area contributed by atoms with Crippen LogP contribution in [0.5, 0.6) is 0 Å². The Morgan fingerprint density at radius 2 is 1.80 bits per heavy atom. The zero-order chi connectivity index (χ0) is 18.6. The van der Waals surface area contributed by atoms with E-state index in [1.807, 2.05) is 0 Å². The molecule has 25 heavy (non-hydrogen) atoms. The number of esters is 1. The molecule has 9 heteroatoms. The van der Waals surface area contributed by atoms with Crippen LogP contribution in [0.15, 0.2) is 42.5 Å². The van der Waals surface area contributed by atoms with Gasteiger partial charge in [-0.2, -0.15) is 0 Å². The molecule has 0 aliphatic carbocycles. The van der Waals surface area contributed by atoms with Gasteiger partial charge in [-0.1, -0.05) is 23.2 Å². The number of nitro groups is 1. The van der Waals surface area contributed by atoms with Crippen LogP contribution < -0.4 is 5.32 Å². The van der Waals surface area contributed by atoms with Crippen LogP contribution in [0, 0.1) is 10.1 Å². The van der Waals surface area contributed by atoms with Crippen molar-refractivity contribution in [2.75, 3.05) is 5.32 Å². The average Bonchev–Trinajstić information content (AvgIpc) is 2.56. The van der Waals surface area contributed by atoms with E-state index in [4.69, 9.17) is 27.9 Å². The molecule has 0 spiro atoms. The van der Waals surface area contributed by atoms with E-state index in [1.54, 1.807) is 24.3 Å². The Morgan fingerprint density at radius 3 is 2.36 bits per heavy atom. The fourth-order valence-electron chi connectivity index (χ4n) is 1.84. The van der Waals surface area contributed by atoms with Crippen LogP contribution in [0.2, 0.25) is 10.0 Å². The van der Waals surface area contributed by atoms with Gasteiger partial charge in [-0.05, 0) is 37.3 Å². The van der Waals surface area contributed by atoms with E-state index < -0.39 is 22.9 Å². The summed E-state index contributed by atoms with van der Waals surface area (Å²) < 4.78 is 5.04. The molecule has 0 radical (unpaired) electrons. The predicted molar refractivity (Wildman–Crippen MR) is 93.1 cm³/mol. The van der Waals surface area contributed by atoms with Gasteiger partial charge in [-0.3, -0.25) is 14.9 Å². The van der Waals surface area contributed by atoms with E-state index in [2.05, 4.69) is 5.32 Å². The molecule has 2 aromatic carbocycles. The second kappa shape index (κ2) is 7.96. The number of ether oxygens (including phenoxy) is 1. The van der Waals surface area contributed by atoms with Crippen LogP contribution in [0.25, 0.3) is 0 Å². The van der Waals surface area contributed by atoms with Crippen molar-refractivity contribution in [3.8, 4) is 0 Å². The molecule has 0 aromatic heterocycles. The summed E-state index contributed by atoms with van der Waals surface area (Å²) in [6, 6.07) is 9.74. The first-order valence-corrected chi connectivity index (χ1v) is 7.75. The van der Waals surface area contributed by atoms with E-state index in [-0.39, 0.29) is 16.3 Å². The first-order chi connectivity index (χ1) is 11.8. The molecule has 7 nitrogen and oxygen atoms in total. The molecule has 0 aliphatic rings. The number of hydrogen-bond donors (Lipinski definition) is 1. The molecule has 0 saturated heterocycles. The zero-order valence-electron chi connectivity index (χ0n) is 12.9. The lowest BCUT2D eigenvalue weighted by Crippen LogP contribution is -2.30. The Labute approximate surface area is 152 Å². The van der Waals surface area contributed by atoms with E-state index in [1.165, 1.54) is 13.0 Å². The highest BCUT2D eigenvalue weighted by molar-refractivity contribution is 6.33. The first-order valence-electron chi connectivity index (χ1n) is 6.99. The summed E-state index contributed by atoms with van der Waals surface area (Å²) in [5, 5.41) is 13.6. The van der Waals surface area contributed by atoms with Crippen molar-refractivity contribution in [1.82, 2.24) is 0 Å². The number of nitro benzene ring substituents is 1. The normalized spacial score (nSPS) is 11.5. The smallest absolute Gasteiger partial charge is 0.340 e. The summed E-state index contributed by atoms with van der Waals surface area (Å²) in [6.07, 6.45) is -1.10. The van der Waals surface area contributed by atoms with Crippen molar-refractivity contribution < 1.29 is 19.2 Å². The number of carbonyl (C=O) groups excluding carboxylic acids is 2. The van der Waals surface area contributed by atoms with Crippen molar-refractivity contribution in [2.24, 2.45) is 0 Å². The number of anilines is 1. The second-order valence-corrected chi connectivity index (χ2v) is 5.81. The van der Waals surface area contributed by atoms with E-state index in [9.17, 15) is 19.7 Å². The first kappa shape index (κ1) is 18.7. The van der Waals surface area contributed by atoms with E-state index >= 15 is 0 Å². The Bertz CT molecular complexity index is 824. The van der Waals surface area contributed by atoms with Gasteiger partial charge in [0.1, 0.15) is 0 Å². The average molecular weight is 383 g/mol. The Balaban J connectivity index is 2.02. The van der Waals surface area contributed by atoms with Crippen molar-refractivity contribution in [1.29, 1.82) is 0 Å². The zero-order valence-corrected chi connectivity index (χ0v) is 14.4. The molecule has 0 fully saturated rings. The minimum absolute atomic E-state index is 0.0709. The molecule has 1 N–H and O–H groups in total. The fourth-order valence-corrected chi connectivity index (χ4v) is 2.22. The number of carbonyl (C=O) groups is 2. The third kappa shape index (κ3) is 4.91. The summed E-state index contributed by atoms with van der Waals surface area (Å²) in [7, 11) is 0. The van der Waals surface area contributed by atoms with Gasteiger partial charge in [0.2, 0.25) is 0 Å². The molecular weight excluding hydrogens is 371 g/mol. The number of hydrogen-bond acceptors (Lipinski definition) is 5. The van der Waals surface area contributed by atoms with Crippen LogP contribution in [-0.4, -0.2) is 22.9 Å². The van der Waals surface area contributed by atoms with Crippen molar-refractivity contribution in [2.45, 2.75) is 13.0 Å². The Kier molecular flexibility index (Phi) is 5.95. The lowest BCUT2D eigenvalue weighted by atomic mass is 10.2. The largest absolute Gasteiger partial charge is 0.449 e. The lowest BCUT2D eigenvalue weighted by molar-refractivity contribution is -0.384. The maximum absolute atomic E-state index is 12.1. The maximum atomic E-state index is 12.1. The highest BCUT2D eigenvalue weighted by Gasteiger charge is 2.22. The van der Waals surface area contributed by atoms with Gasteiger partial charge < -0.3 is 10.1 Å². The highest BCUT2D eigenvalue weighted by Crippen LogP contribution is 2.23. The summed E-state index contributed by atoms with van der Waals surface area (Å²) >= 11 is 11.6. The quantitative estimate of drug-likeness (QED) is 0.477. The molecule has 2 rings (SSSR count). The van der Waals surface area contributed by atoms with Crippen molar-refractivity contribution in [3.05, 3.63) is 68.2 Å². The number of rotatable bonds is 5. The molecule has 1 atom stereocenters. The third-order valence-corrected chi connectivity index (χ3v) is 3.71. The van der Waals surface area contributed by atoms with Gasteiger partial charge in [-0.25, -0.2) is 4.79 Å². The molecule has 130 valence electrons. The van der Waals surface area contributed by atoms with E-state index in [0.717, 1.165) is 12.1 Å². The minimum Gasteiger partial charge on any atom is -0.449 e. The van der Waals surface area contributed by atoms with Crippen LogP contribution in [-0.2, 0) is 9.53 Å². The molecule has 2 aromatic rings. The number of benzene rings is 2. The van der Waals surface area contributed by atoms with Crippen LogP contribution in [0.3, 0.4) is 0 Å². The number of nitrogens with one attached hydrogen (secondary N) is 1. The van der Waals surface area contributed by atoms with E-state index in [0.29, 0.717) is 10.7 Å². The number of nitrogens with zero attached hydrogens (tertiary/aromatic N) is 1. The van der Waals surface area contributed by atoms with Crippen LogP contribution >= 0.6 is 23.2 Å². The Morgan fingerprint density at radius 1 is 1.16 bits per heavy atom. The standard InChI is InChI=1S/C16H12Cl2N2O5/c1-9(15(21)19-11-4-2-10(17)3-5-11)25-16(22)13-7-6-12(20(23)24)8-14(13)18/h2-9H,1H3,(H,19,21)/t9-/m1/s1. The molecule has 0 bridgehead atoms. The topological polar surface area (TPSA) is 98.5 Å². The van der Waals surface area contributed by atoms with Gasteiger partial charge in [-0.15, -0.1) is 0 Å². The maximum Gasteiger partial charge on any atom is 0.340 e. The second-order valence-electron chi connectivity index (χ2n) is 4.96. The monoisotopic (exact) mass is 382 g/mol. The van der Waals surface area contributed by atoms with Crippen molar-refractivity contribution >= 4 is 46.5 Å². The van der Waals surface area contributed by atoms with Gasteiger partial charge in [0.15, 0.2) is 6.10 Å². The molecule has 0 saturated carbocycles. The van der Waals surface area contributed by atoms with Gasteiger partial charge >= 0.3 is 5.97 Å². The molecule has 0 heterocycles.